The van der Waals surface area contributed by atoms with Gasteiger partial charge in [0.15, 0.2) is 12.7 Å². The lowest BCUT2D eigenvalue weighted by Crippen LogP contribution is -2.36. The van der Waals surface area contributed by atoms with Gasteiger partial charge in [-0.05, 0) is 37.6 Å². The van der Waals surface area contributed by atoms with Gasteiger partial charge in [-0.25, -0.2) is 4.79 Å². The van der Waals surface area contributed by atoms with E-state index < -0.39 is 12.1 Å². The summed E-state index contributed by atoms with van der Waals surface area (Å²) in [5.41, 5.74) is 2.12. The Morgan fingerprint density at radius 1 is 1.16 bits per heavy atom. The molecule has 132 valence electrons. The molecule has 0 bridgehead atoms. The molecule has 2 aromatic rings. The number of benzene rings is 2. The summed E-state index contributed by atoms with van der Waals surface area (Å²) < 4.78 is 10.3. The number of hydrogen-bond donors (Lipinski definition) is 1. The molecule has 0 radical (unpaired) electrons. The second-order valence-corrected chi connectivity index (χ2v) is 6.02. The van der Waals surface area contributed by atoms with Gasteiger partial charge in [-0.15, -0.1) is 0 Å². The molecular weight excluding hydrogens is 342 g/mol. The van der Waals surface area contributed by atoms with E-state index in [0.717, 1.165) is 11.1 Å². The van der Waals surface area contributed by atoms with Crippen LogP contribution < -0.4 is 10.1 Å². The van der Waals surface area contributed by atoms with E-state index in [1.807, 2.05) is 31.2 Å². The fourth-order valence-corrected chi connectivity index (χ4v) is 2.20. The Morgan fingerprint density at radius 3 is 2.56 bits per heavy atom. The number of rotatable bonds is 7. The van der Waals surface area contributed by atoms with Gasteiger partial charge >= 0.3 is 5.97 Å². The number of hydrogen-bond acceptors (Lipinski definition) is 4. The lowest BCUT2D eigenvalue weighted by molar-refractivity contribution is -0.156. The molecule has 0 aromatic heterocycles. The van der Waals surface area contributed by atoms with E-state index in [1.165, 1.54) is 6.92 Å². The Labute approximate surface area is 151 Å². The summed E-state index contributed by atoms with van der Waals surface area (Å²) in [5.74, 6) is -0.532. The van der Waals surface area contributed by atoms with Crippen LogP contribution in [0.3, 0.4) is 0 Å². The van der Waals surface area contributed by atoms with Gasteiger partial charge in [0.2, 0.25) is 0 Å². The number of esters is 1. The van der Waals surface area contributed by atoms with Gasteiger partial charge in [0.05, 0.1) is 0 Å². The van der Waals surface area contributed by atoms with Gasteiger partial charge in [-0.1, -0.05) is 47.5 Å². The lowest BCUT2D eigenvalue weighted by Gasteiger charge is -2.14. The van der Waals surface area contributed by atoms with Crippen LogP contribution in [0.4, 0.5) is 0 Å². The van der Waals surface area contributed by atoms with Crippen molar-refractivity contribution in [2.75, 3.05) is 6.61 Å². The van der Waals surface area contributed by atoms with E-state index in [1.54, 1.807) is 24.3 Å². The molecule has 0 aliphatic heterocycles. The Morgan fingerprint density at radius 2 is 1.88 bits per heavy atom. The average molecular weight is 362 g/mol. The molecule has 0 spiro atoms. The van der Waals surface area contributed by atoms with Gasteiger partial charge in [-0.3, -0.25) is 4.79 Å². The van der Waals surface area contributed by atoms with Crippen molar-refractivity contribution in [1.82, 2.24) is 5.32 Å². The molecule has 0 aliphatic carbocycles. The van der Waals surface area contributed by atoms with E-state index >= 15 is 0 Å². The van der Waals surface area contributed by atoms with E-state index in [4.69, 9.17) is 21.1 Å². The van der Waals surface area contributed by atoms with Gasteiger partial charge in [-0.2, -0.15) is 0 Å². The Hall–Kier alpha value is -2.53. The highest BCUT2D eigenvalue weighted by atomic mass is 35.5. The van der Waals surface area contributed by atoms with Gasteiger partial charge in [0, 0.05) is 11.6 Å². The molecule has 2 aromatic carbocycles. The maximum atomic E-state index is 12.0. The predicted octanol–water partition coefficient (Wildman–Crippen LogP) is 3.28. The third-order valence-corrected chi connectivity index (χ3v) is 3.65. The number of aryl methyl sites for hydroxylation is 1. The number of amides is 1. The number of carbonyl (C=O) groups excluding carboxylic acids is 2. The molecule has 0 aliphatic rings. The quantitative estimate of drug-likeness (QED) is 0.769. The molecule has 0 saturated carbocycles. The maximum Gasteiger partial charge on any atom is 0.344 e. The Kier molecular flexibility index (Phi) is 6.83. The molecule has 0 unspecified atom stereocenters. The summed E-state index contributed by atoms with van der Waals surface area (Å²) in [6.45, 7) is 3.59. The lowest BCUT2D eigenvalue weighted by atomic mass is 10.1. The number of carbonyl (C=O) groups is 2. The fraction of sp³-hybridized carbons (Fsp3) is 0.263. The first-order chi connectivity index (χ1) is 11.9. The molecule has 1 N–H and O–H groups in total. The molecular formula is C19H20ClNO4. The highest BCUT2D eigenvalue weighted by Gasteiger charge is 2.17. The van der Waals surface area contributed by atoms with Crippen molar-refractivity contribution in [3.05, 3.63) is 64.7 Å². The maximum absolute atomic E-state index is 12.0. The fourth-order valence-electron chi connectivity index (χ4n) is 2.02. The molecule has 1 amide bonds. The van der Waals surface area contributed by atoms with E-state index in [-0.39, 0.29) is 12.5 Å². The van der Waals surface area contributed by atoms with Crippen molar-refractivity contribution in [3.63, 3.8) is 0 Å². The average Bonchev–Trinajstić information content (AvgIpc) is 2.59. The number of ether oxygens (including phenoxy) is 2. The molecule has 0 fully saturated rings. The summed E-state index contributed by atoms with van der Waals surface area (Å²) in [5, 5.41) is 3.24. The highest BCUT2D eigenvalue weighted by Crippen LogP contribution is 2.17. The minimum Gasteiger partial charge on any atom is -0.482 e. The topological polar surface area (TPSA) is 64.6 Å². The third kappa shape index (κ3) is 6.47. The van der Waals surface area contributed by atoms with Crippen LogP contribution in [0, 0.1) is 6.92 Å². The van der Waals surface area contributed by atoms with Crippen LogP contribution in [0.2, 0.25) is 5.02 Å². The van der Waals surface area contributed by atoms with Crippen molar-refractivity contribution in [2.24, 2.45) is 0 Å². The molecule has 0 heterocycles. The third-order valence-electron chi connectivity index (χ3n) is 3.42. The first kappa shape index (κ1) is 18.8. The van der Waals surface area contributed by atoms with Crippen LogP contribution in [0.5, 0.6) is 5.75 Å². The minimum absolute atomic E-state index is 0.296. The van der Waals surface area contributed by atoms with Gasteiger partial charge < -0.3 is 14.8 Å². The molecule has 1 atom stereocenters. The summed E-state index contributed by atoms with van der Waals surface area (Å²) >= 11 is 5.83. The zero-order valence-electron chi connectivity index (χ0n) is 14.1. The summed E-state index contributed by atoms with van der Waals surface area (Å²) in [6, 6.07) is 14.5. The zero-order valence-corrected chi connectivity index (χ0v) is 14.9. The van der Waals surface area contributed by atoms with Gasteiger partial charge in [0.25, 0.3) is 5.91 Å². The summed E-state index contributed by atoms with van der Waals surface area (Å²) in [7, 11) is 0. The highest BCUT2D eigenvalue weighted by molar-refractivity contribution is 6.30. The summed E-state index contributed by atoms with van der Waals surface area (Å²) in [6.07, 6.45) is -0.902. The summed E-state index contributed by atoms with van der Waals surface area (Å²) in [4.78, 5) is 23.8. The second kappa shape index (κ2) is 9.08. The minimum atomic E-state index is -0.902. The molecule has 2 rings (SSSR count). The van der Waals surface area contributed by atoms with Crippen LogP contribution in [-0.2, 0) is 20.9 Å². The first-order valence-corrected chi connectivity index (χ1v) is 8.23. The van der Waals surface area contributed by atoms with Crippen molar-refractivity contribution in [1.29, 1.82) is 0 Å². The van der Waals surface area contributed by atoms with Crippen molar-refractivity contribution in [2.45, 2.75) is 26.5 Å². The van der Waals surface area contributed by atoms with Crippen molar-refractivity contribution >= 4 is 23.5 Å². The standard InChI is InChI=1S/C19H20ClNO4/c1-13-6-8-15(9-7-13)11-21-19(23)14(2)25-18(22)12-24-17-5-3-4-16(20)10-17/h3-10,14H,11-12H2,1-2H3,(H,21,23)/t14-/m0/s1. The Balaban J connectivity index is 1.74. The monoisotopic (exact) mass is 361 g/mol. The Bertz CT molecular complexity index is 730. The molecule has 6 heteroatoms. The van der Waals surface area contributed by atoms with E-state index in [2.05, 4.69) is 5.32 Å². The van der Waals surface area contributed by atoms with E-state index in [0.29, 0.717) is 17.3 Å². The second-order valence-electron chi connectivity index (χ2n) is 5.58. The zero-order chi connectivity index (χ0) is 18.2. The van der Waals surface area contributed by atoms with Crippen molar-refractivity contribution < 1.29 is 19.1 Å². The van der Waals surface area contributed by atoms with Crippen molar-refractivity contribution in [3.8, 4) is 5.75 Å². The SMILES string of the molecule is Cc1ccc(CNC(=O)[C@H](C)OC(=O)COc2cccc(Cl)c2)cc1. The molecule has 25 heavy (non-hydrogen) atoms. The number of nitrogens with one attached hydrogen (secondary N) is 1. The molecule has 0 saturated heterocycles. The molecule has 5 nitrogen and oxygen atoms in total. The smallest absolute Gasteiger partial charge is 0.344 e. The van der Waals surface area contributed by atoms with Gasteiger partial charge in [0.1, 0.15) is 5.75 Å². The van der Waals surface area contributed by atoms with Crippen LogP contribution in [0.1, 0.15) is 18.1 Å². The van der Waals surface area contributed by atoms with Crippen LogP contribution in [-0.4, -0.2) is 24.6 Å². The van der Waals surface area contributed by atoms with Crippen LogP contribution >= 0.6 is 11.6 Å². The number of halogens is 1. The van der Waals surface area contributed by atoms with Crippen LogP contribution in [0.25, 0.3) is 0 Å². The first-order valence-electron chi connectivity index (χ1n) is 7.85. The van der Waals surface area contributed by atoms with E-state index in [9.17, 15) is 9.59 Å². The predicted molar refractivity (Wildman–Crippen MR) is 95.5 cm³/mol. The van der Waals surface area contributed by atoms with Crippen LogP contribution in [0.15, 0.2) is 48.5 Å². The normalized spacial score (nSPS) is 11.5. The largest absolute Gasteiger partial charge is 0.482 e.